The molecule has 0 bridgehead atoms. The van der Waals surface area contributed by atoms with Gasteiger partial charge in [-0.15, -0.1) is 0 Å². The van der Waals surface area contributed by atoms with Gasteiger partial charge in [-0.3, -0.25) is 4.90 Å². The van der Waals surface area contributed by atoms with E-state index in [1.54, 1.807) is 0 Å². The molecule has 0 aromatic carbocycles. The summed E-state index contributed by atoms with van der Waals surface area (Å²) < 4.78 is 5.48. The van der Waals surface area contributed by atoms with Gasteiger partial charge in [-0.05, 0) is 19.3 Å². The number of ether oxygens (including phenoxy) is 1. The molecule has 0 aromatic rings. The molecule has 0 radical (unpaired) electrons. The molecule has 0 aliphatic carbocycles. The van der Waals surface area contributed by atoms with E-state index in [2.05, 4.69) is 4.90 Å². The van der Waals surface area contributed by atoms with Gasteiger partial charge in [-0.2, -0.15) is 0 Å². The minimum atomic E-state index is 0.499. The molecule has 0 spiro atoms. The van der Waals surface area contributed by atoms with E-state index in [-0.39, 0.29) is 0 Å². The van der Waals surface area contributed by atoms with Gasteiger partial charge in [0.05, 0.1) is 0 Å². The summed E-state index contributed by atoms with van der Waals surface area (Å²) in [5, 5.41) is 0. The van der Waals surface area contributed by atoms with Crippen LogP contribution in [-0.4, -0.2) is 30.8 Å². The van der Waals surface area contributed by atoms with Crippen molar-refractivity contribution >= 4 is 0 Å². The maximum Gasteiger partial charge on any atom is 0.110 e. The number of hydrogen-bond donors (Lipinski definition) is 0. The molecule has 2 heteroatoms. The first-order valence-electron chi connectivity index (χ1n) is 3.82. The monoisotopic (exact) mass is 127 g/mol. The smallest absolute Gasteiger partial charge is 0.110 e. The highest BCUT2D eigenvalue weighted by Crippen LogP contribution is 2.20. The van der Waals surface area contributed by atoms with Crippen molar-refractivity contribution in [2.75, 3.05) is 19.7 Å². The van der Waals surface area contributed by atoms with Crippen molar-refractivity contribution in [2.24, 2.45) is 0 Å². The lowest BCUT2D eigenvalue weighted by Crippen LogP contribution is -2.44. The highest BCUT2D eigenvalue weighted by molar-refractivity contribution is 4.74. The number of nitrogens with zero attached hydrogens (tertiary/aromatic N) is 1. The van der Waals surface area contributed by atoms with Crippen molar-refractivity contribution in [1.82, 2.24) is 4.90 Å². The number of hydrogen-bond acceptors (Lipinski definition) is 2. The Morgan fingerprint density at radius 2 is 2.11 bits per heavy atom. The Kier molecular flexibility index (Phi) is 1.44. The van der Waals surface area contributed by atoms with E-state index in [9.17, 15) is 0 Å². The summed E-state index contributed by atoms with van der Waals surface area (Å²) in [6, 6.07) is 0. The van der Waals surface area contributed by atoms with Gasteiger partial charge >= 0.3 is 0 Å². The lowest BCUT2D eigenvalue weighted by Gasteiger charge is -2.35. The Morgan fingerprint density at radius 1 is 1.22 bits per heavy atom. The Hall–Kier alpha value is -0.0800. The van der Waals surface area contributed by atoms with E-state index >= 15 is 0 Å². The molecule has 2 fully saturated rings. The van der Waals surface area contributed by atoms with Gasteiger partial charge < -0.3 is 4.74 Å². The molecule has 2 aliphatic rings. The second kappa shape index (κ2) is 2.27. The van der Waals surface area contributed by atoms with Crippen LogP contribution in [0.25, 0.3) is 0 Å². The molecule has 1 atom stereocenters. The van der Waals surface area contributed by atoms with E-state index in [0.717, 1.165) is 6.61 Å². The number of likely N-dealkylation sites (tertiary alicyclic amines) is 1. The van der Waals surface area contributed by atoms with Crippen molar-refractivity contribution in [3.8, 4) is 0 Å². The second-order valence-corrected chi connectivity index (χ2v) is 2.86. The molecule has 2 aliphatic heterocycles. The quantitative estimate of drug-likeness (QED) is 0.517. The maximum atomic E-state index is 5.48. The first kappa shape index (κ1) is 5.69. The van der Waals surface area contributed by atoms with Gasteiger partial charge in [-0.25, -0.2) is 0 Å². The summed E-state index contributed by atoms with van der Waals surface area (Å²) in [5.74, 6) is 0. The minimum Gasteiger partial charge on any atom is -0.363 e. The zero-order valence-electron chi connectivity index (χ0n) is 5.68. The van der Waals surface area contributed by atoms with Crippen molar-refractivity contribution in [3.63, 3.8) is 0 Å². The largest absolute Gasteiger partial charge is 0.363 e. The summed E-state index contributed by atoms with van der Waals surface area (Å²) in [6.07, 6.45) is 4.40. The lowest BCUT2D eigenvalue weighted by atomic mass is 10.2. The van der Waals surface area contributed by atoms with E-state index in [1.165, 1.54) is 32.4 Å². The molecule has 0 aromatic heterocycles. The molecule has 52 valence electrons. The van der Waals surface area contributed by atoms with E-state index in [1.807, 2.05) is 0 Å². The van der Waals surface area contributed by atoms with Crippen molar-refractivity contribution in [3.05, 3.63) is 0 Å². The Bertz CT molecular complexity index is 95.1. The average Bonchev–Trinajstić information content (AvgIpc) is 2.11. The van der Waals surface area contributed by atoms with Crippen LogP contribution in [0.15, 0.2) is 0 Å². The summed E-state index contributed by atoms with van der Waals surface area (Å²) >= 11 is 0. The molecular weight excluding hydrogens is 114 g/mol. The first-order chi connectivity index (χ1) is 4.47. The average molecular weight is 127 g/mol. The van der Waals surface area contributed by atoms with Crippen LogP contribution in [0.5, 0.6) is 0 Å². The Balaban J connectivity index is 1.82. The Morgan fingerprint density at radius 3 is 2.56 bits per heavy atom. The first-order valence-corrected chi connectivity index (χ1v) is 3.82. The molecule has 2 heterocycles. The summed E-state index contributed by atoms with van der Waals surface area (Å²) in [4.78, 5) is 2.42. The van der Waals surface area contributed by atoms with Crippen molar-refractivity contribution in [1.29, 1.82) is 0 Å². The molecule has 2 saturated heterocycles. The maximum absolute atomic E-state index is 5.48. The fourth-order valence-corrected chi connectivity index (χ4v) is 1.48. The van der Waals surface area contributed by atoms with Gasteiger partial charge in [0.2, 0.25) is 0 Å². The molecule has 0 saturated carbocycles. The fourth-order valence-electron chi connectivity index (χ4n) is 1.48. The van der Waals surface area contributed by atoms with Crippen LogP contribution < -0.4 is 0 Å². The third kappa shape index (κ3) is 0.970. The minimum absolute atomic E-state index is 0.499. The third-order valence-electron chi connectivity index (χ3n) is 2.20. The highest BCUT2D eigenvalue weighted by atomic mass is 16.5. The summed E-state index contributed by atoms with van der Waals surface area (Å²) in [7, 11) is 0. The fraction of sp³-hybridized carbons (Fsp3) is 1.00. The lowest BCUT2D eigenvalue weighted by molar-refractivity contribution is -0.0511. The Labute approximate surface area is 55.8 Å². The normalized spacial score (nSPS) is 36.7. The molecule has 2 rings (SSSR count). The van der Waals surface area contributed by atoms with Crippen LogP contribution in [0.4, 0.5) is 0 Å². The van der Waals surface area contributed by atoms with Crippen LogP contribution >= 0.6 is 0 Å². The molecule has 2 nitrogen and oxygen atoms in total. The van der Waals surface area contributed by atoms with E-state index < -0.39 is 0 Å². The molecule has 1 unspecified atom stereocenters. The highest BCUT2D eigenvalue weighted by Gasteiger charge is 2.26. The topological polar surface area (TPSA) is 12.5 Å². The zero-order chi connectivity index (χ0) is 6.10. The van der Waals surface area contributed by atoms with Crippen LogP contribution in [0.1, 0.15) is 19.3 Å². The van der Waals surface area contributed by atoms with Gasteiger partial charge in [-0.1, -0.05) is 0 Å². The summed E-state index contributed by atoms with van der Waals surface area (Å²) in [5.41, 5.74) is 0. The van der Waals surface area contributed by atoms with Gasteiger partial charge in [0.1, 0.15) is 6.23 Å². The standard InChI is InChI=1S/C7H13NO/c1-3-7(9-6-1)8-4-2-5-8/h7H,1-6H2. The van der Waals surface area contributed by atoms with Crippen LogP contribution in [0.2, 0.25) is 0 Å². The van der Waals surface area contributed by atoms with Crippen LogP contribution in [0.3, 0.4) is 0 Å². The third-order valence-corrected chi connectivity index (χ3v) is 2.20. The number of rotatable bonds is 1. The summed E-state index contributed by atoms with van der Waals surface area (Å²) in [6.45, 7) is 3.52. The van der Waals surface area contributed by atoms with Crippen molar-refractivity contribution in [2.45, 2.75) is 25.5 Å². The van der Waals surface area contributed by atoms with Gasteiger partial charge in [0, 0.05) is 19.7 Å². The van der Waals surface area contributed by atoms with Gasteiger partial charge in [0.15, 0.2) is 0 Å². The predicted octanol–water partition coefficient (Wildman–Crippen LogP) is 0.829. The van der Waals surface area contributed by atoms with Crippen LogP contribution in [-0.2, 0) is 4.74 Å². The van der Waals surface area contributed by atoms with E-state index in [4.69, 9.17) is 4.74 Å². The van der Waals surface area contributed by atoms with Crippen LogP contribution in [0, 0.1) is 0 Å². The SMILES string of the molecule is C1COC(N2CCC2)C1. The molecular formula is C7H13NO. The van der Waals surface area contributed by atoms with E-state index in [0.29, 0.717) is 6.23 Å². The predicted molar refractivity (Wildman–Crippen MR) is 35.2 cm³/mol. The second-order valence-electron chi connectivity index (χ2n) is 2.86. The molecule has 0 N–H and O–H groups in total. The van der Waals surface area contributed by atoms with Crippen molar-refractivity contribution < 1.29 is 4.74 Å². The van der Waals surface area contributed by atoms with Gasteiger partial charge in [0.25, 0.3) is 0 Å². The zero-order valence-corrected chi connectivity index (χ0v) is 5.68. The molecule has 0 amide bonds. The molecule has 9 heavy (non-hydrogen) atoms.